The minimum atomic E-state index is -1.08. The summed E-state index contributed by atoms with van der Waals surface area (Å²) in [6.45, 7) is 7.43. The van der Waals surface area contributed by atoms with Gasteiger partial charge >= 0.3 is 0 Å². The third-order valence-electron chi connectivity index (χ3n) is 4.78. The molecular formula is C17H26ClNOS. The van der Waals surface area contributed by atoms with Gasteiger partial charge in [-0.15, -0.1) is 0 Å². The minimum Gasteiger partial charge on any atom is -0.330 e. The Morgan fingerprint density at radius 1 is 1.29 bits per heavy atom. The molecule has 0 heterocycles. The molecule has 4 heteroatoms. The van der Waals surface area contributed by atoms with Crippen molar-refractivity contribution in [2.75, 3.05) is 6.54 Å². The molecule has 0 saturated heterocycles. The summed E-state index contributed by atoms with van der Waals surface area (Å²) in [5.41, 5.74) is 6.19. The van der Waals surface area contributed by atoms with Crippen LogP contribution in [-0.4, -0.2) is 16.0 Å². The Hall–Kier alpha value is -0.380. The van der Waals surface area contributed by atoms with Gasteiger partial charge in [-0.25, -0.2) is 0 Å². The average Bonchev–Trinajstić information content (AvgIpc) is 2.45. The average molecular weight is 328 g/mol. The van der Waals surface area contributed by atoms with Crippen molar-refractivity contribution in [1.82, 2.24) is 0 Å². The van der Waals surface area contributed by atoms with Gasteiger partial charge in [0.1, 0.15) is 0 Å². The second-order valence-corrected chi connectivity index (χ2v) is 9.19. The molecule has 118 valence electrons. The first-order valence-corrected chi connectivity index (χ1v) is 9.29. The van der Waals surface area contributed by atoms with Gasteiger partial charge in [-0.05, 0) is 55.2 Å². The lowest BCUT2D eigenvalue weighted by molar-refractivity contribution is 0.156. The van der Waals surface area contributed by atoms with Crippen LogP contribution in [0.4, 0.5) is 0 Å². The van der Waals surface area contributed by atoms with E-state index in [4.69, 9.17) is 17.3 Å². The molecule has 1 fully saturated rings. The van der Waals surface area contributed by atoms with Crippen molar-refractivity contribution in [3.8, 4) is 0 Å². The van der Waals surface area contributed by atoms with Gasteiger partial charge in [0.05, 0.1) is 20.7 Å². The zero-order chi connectivity index (χ0) is 15.6. The number of nitrogens with two attached hydrogens (primary N) is 1. The molecular weight excluding hydrogens is 302 g/mol. The second kappa shape index (κ2) is 6.80. The minimum absolute atomic E-state index is 0.118. The first-order valence-electron chi connectivity index (χ1n) is 7.69. The molecule has 2 N–H and O–H groups in total. The van der Waals surface area contributed by atoms with Gasteiger partial charge in [0, 0.05) is 5.25 Å². The second-order valence-electron chi connectivity index (χ2n) is 7.14. The zero-order valence-electron chi connectivity index (χ0n) is 13.1. The van der Waals surface area contributed by atoms with Crippen molar-refractivity contribution in [2.45, 2.75) is 50.2 Å². The molecule has 1 aromatic carbocycles. The molecule has 0 spiro atoms. The van der Waals surface area contributed by atoms with Crippen LogP contribution in [0.1, 0.15) is 40.0 Å². The van der Waals surface area contributed by atoms with E-state index in [0.29, 0.717) is 23.4 Å². The molecule has 0 bridgehead atoms. The molecule has 0 aromatic heterocycles. The van der Waals surface area contributed by atoms with Crippen LogP contribution in [0.5, 0.6) is 0 Å². The third kappa shape index (κ3) is 3.88. The number of hydrogen-bond acceptors (Lipinski definition) is 2. The maximum Gasteiger partial charge on any atom is 0.0579 e. The zero-order valence-corrected chi connectivity index (χ0v) is 14.7. The molecule has 1 aliphatic rings. The lowest BCUT2D eigenvalue weighted by Crippen LogP contribution is -2.40. The summed E-state index contributed by atoms with van der Waals surface area (Å²) in [4.78, 5) is 0.761. The van der Waals surface area contributed by atoms with E-state index in [0.717, 1.165) is 17.7 Å². The van der Waals surface area contributed by atoms with Crippen molar-refractivity contribution < 1.29 is 4.21 Å². The van der Waals surface area contributed by atoms with Gasteiger partial charge < -0.3 is 5.73 Å². The van der Waals surface area contributed by atoms with E-state index < -0.39 is 10.8 Å². The summed E-state index contributed by atoms with van der Waals surface area (Å²) in [6, 6.07) is 7.48. The molecule has 1 aromatic rings. The first kappa shape index (κ1) is 17.0. The quantitative estimate of drug-likeness (QED) is 0.902. The molecule has 1 saturated carbocycles. The van der Waals surface area contributed by atoms with Crippen molar-refractivity contribution in [3.05, 3.63) is 29.3 Å². The topological polar surface area (TPSA) is 43.1 Å². The molecule has 2 nitrogen and oxygen atoms in total. The summed E-state index contributed by atoms with van der Waals surface area (Å²) in [5, 5.41) is 0.720. The number of rotatable bonds is 3. The third-order valence-corrected chi connectivity index (χ3v) is 7.14. The van der Waals surface area contributed by atoms with Crippen LogP contribution in [0, 0.1) is 17.3 Å². The summed E-state index contributed by atoms with van der Waals surface area (Å²) >= 11 is 6.23. The lowest BCUT2D eigenvalue weighted by atomic mass is 9.69. The maximum atomic E-state index is 13.0. The highest BCUT2D eigenvalue weighted by Crippen LogP contribution is 2.42. The van der Waals surface area contributed by atoms with Crippen molar-refractivity contribution in [2.24, 2.45) is 23.0 Å². The summed E-state index contributed by atoms with van der Waals surface area (Å²) < 4.78 is 13.0. The highest BCUT2D eigenvalue weighted by molar-refractivity contribution is 7.85. The summed E-state index contributed by atoms with van der Waals surface area (Å²) in [7, 11) is -1.08. The lowest BCUT2D eigenvalue weighted by Gasteiger charge is -2.41. The molecule has 1 aliphatic carbocycles. The van der Waals surface area contributed by atoms with Gasteiger partial charge in [0.25, 0.3) is 0 Å². The van der Waals surface area contributed by atoms with Crippen LogP contribution in [0.25, 0.3) is 0 Å². The van der Waals surface area contributed by atoms with Crippen LogP contribution < -0.4 is 5.73 Å². The number of halogens is 1. The Morgan fingerprint density at radius 2 is 1.95 bits per heavy atom. The standard InChI is InChI=1S/C17H26ClNOS/c1-17(2,3)13-9-8-12(11-19)16(10-13)21(20)15-7-5-4-6-14(15)18/h4-7,12-13,16H,8-11,19H2,1-3H3. The van der Waals surface area contributed by atoms with Crippen molar-refractivity contribution >= 4 is 22.4 Å². The number of hydrogen-bond donors (Lipinski definition) is 1. The fourth-order valence-electron chi connectivity index (χ4n) is 3.28. The van der Waals surface area contributed by atoms with E-state index in [1.807, 2.05) is 24.3 Å². The Morgan fingerprint density at radius 3 is 2.52 bits per heavy atom. The van der Waals surface area contributed by atoms with Gasteiger partial charge in [0.2, 0.25) is 0 Å². The number of benzene rings is 1. The summed E-state index contributed by atoms with van der Waals surface area (Å²) in [6.07, 6.45) is 3.23. The predicted octanol–water partition coefficient (Wildman–Crippen LogP) is 4.24. The molecule has 21 heavy (non-hydrogen) atoms. The van der Waals surface area contributed by atoms with Crippen LogP contribution in [0.2, 0.25) is 5.02 Å². The van der Waals surface area contributed by atoms with Crippen molar-refractivity contribution in [3.63, 3.8) is 0 Å². The van der Waals surface area contributed by atoms with Gasteiger partial charge in [-0.1, -0.05) is 44.5 Å². The molecule has 0 radical (unpaired) electrons. The van der Waals surface area contributed by atoms with Crippen LogP contribution >= 0.6 is 11.6 Å². The fraction of sp³-hybridized carbons (Fsp3) is 0.647. The molecule has 4 unspecified atom stereocenters. The van der Waals surface area contributed by atoms with E-state index >= 15 is 0 Å². The van der Waals surface area contributed by atoms with E-state index in [1.165, 1.54) is 6.42 Å². The first-order chi connectivity index (χ1) is 9.84. The normalized spacial score (nSPS) is 28.3. The highest BCUT2D eigenvalue weighted by Gasteiger charge is 2.38. The Bertz CT molecular complexity index is 512. The van der Waals surface area contributed by atoms with Gasteiger partial charge in [0.15, 0.2) is 0 Å². The molecule has 4 atom stereocenters. The SMILES string of the molecule is CC(C)(C)C1CCC(CN)C(S(=O)c2ccccc2Cl)C1. The van der Waals surface area contributed by atoms with E-state index in [-0.39, 0.29) is 10.7 Å². The molecule has 2 rings (SSSR count). The fourth-order valence-corrected chi connectivity index (χ4v) is 5.45. The highest BCUT2D eigenvalue weighted by atomic mass is 35.5. The monoisotopic (exact) mass is 327 g/mol. The summed E-state index contributed by atoms with van der Waals surface area (Å²) in [5.74, 6) is 0.928. The largest absolute Gasteiger partial charge is 0.330 e. The van der Waals surface area contributed by atoms with Crippen molar-refractivity contribution in [1.29, 1.82) is 0 Å². The van der Waals surface area contributed by atoms with Gasteiger partial charge in [-0.3, -0.25) is 4.21 Å². The maximum absolute atomic E-state index is 13.0. The Labute approximate surface area is 135 Å². The predicted molar refractivity (Wildman–Crippen MR) is 91.0 cm³/mol. The smallest absolute Gasteiger partial charge is 0.0579 e. The molecule has 0 aliphatic heterocycles. The Kier molecular flexibility index (Phi) is 5.50. The van der Waals surface area contributed by atoms with Gasteiger partial charge in [-0.2, -0.15) is 0 Å². The molecule has 0 amide bonds. The van der Waals surface area contributed by atoms with E-state index in [2.05, 4.69) is 20.8 Å². The van der Waals surface area contributed by atoms with E-state index in [9.17, 15) is 4.21 Å². The van der Waals surface area contributed by atoms with Crippen LogP contribution in [0.3, 0.4) is 0 Å². The van der Waals surface area contributed by atoms with Crippen LogP contribution in [0.15, 0.2) is 29.2 Å². The Balaban J connectivity index is 2.25. The van der Waals surface area contributed by atoms with Crippen LogP contribution in [-0.2, 0) is 10.8 Å². The van der Waals surface area contributed by atoms with E-state index in [1.54, 1.807) is 0 Å².